The molecule has 26 heavy (non-hydrogen) atoms. The van der Waals surface area contributed by atoms with Crippen molar-refractivity contribution in [2.24, 2.45) is 10.2 Å². The van der Waals surface area contributed by atoms with Gasteiger partial charge in [-0.2, -0.15) is 5.10 Å². The van der Waals surface area contributed by atoms with E-state index in [1.165, 1.54) is 7.11 Å². The average molecular weight is 383 g/mol. The predicted molar refractivity (Wildman–Crippen MR) is 93.0 cm³/mol. The van der Waals surface area contributed by atoms with E-state index in [-0.39, 0.29) is 28.0 Å². The first-order chi connectivity index (χ1) is 12.4. The van der Waals surface area contributed by atoms with E-state index in [4.69, 9.17) is 4.74 Å². The Morgan fingerprint density at radius 2 is 2.15 bits per heavy atom. The Bertz CT molecular complexity index is 809. The van der Waals surface area contributed by atoms with Gasteiger partial charge in [-0.05, 0) is 24.2 Å². The molecule has 1 N–H and O–H groups in total. The van der Waals surface area contributed by atoms with E-state index in [0.29, 0.717) is 12.5 Å². The second kappa shape index (κ2) is 9.09. The average Bonchev–Trinajstić information content (AvgIpc) is 2.93. The second-order valence-corrected chi connectivity index (χ2v) is 5.92. The zero-order valence-electron chi connectivity index (χ0n) is 13.9. The largest absolute Gasteiger partial charge is 0.490 e. The molecule has 1 amide bonds. The molecule has 0 atom stereocenters. The smallest absolute Gasteiger partial charge is 0.331 e. The van der Waals surface area contributed by atoms with E-state index >= 15 is 0 Å². The number of nitrogens with zero attached hydrogens (tertiary/aromatic N) is 2. The second-order valence-electron chi connectivity index (χ2n) is 4.89. The topological polar surface area (TPSA) is 89.4 Å². The van der Waals surface area contributed by atoms with Crippen molar-refractivity contribution in [2.45, 2.75) is 13.3 Å². The molecule has 1 aromatic rings. The van der Waals surface area contributed by atoms with Crippen molar-refractivity contribution in [3.63, 3.8) is 0 Å². The van der Waals surface area contributed by atoms with E-state index in [0.717, 1.165) is 30.1 Å². The summed E-state index contributed by atoms with van der Waals surface area (Å²) in [5, 5.41) is 9.97. The number of thioether (sulfide) groups is 1. The predicted octanol–water partition coefficient (Wildman–Crippen LogP) is 2.36. The Morgan fingerprint density at radius 1 is 1.38 bits per heavy atom. The number of methoxy groups -OCH3 is 1. The number of esters is 1. The van der Waals surface area contributed by atoms with Gasteiger partial charge in [-0.25, -0.2) is 13.6 Å². The zero-order valence-corrected chi connectivity index (χ0v) is 14.7. The molecule has 1 heterocycles. The normalized spacial score (nSPS) is 17.2. The molecular weight excluding hydrogens is 368 g/mol. The number of carbonyl (C=O) groups excluding carboxylic acids is 2. The number of amidine groups is 1. The van der Waals surface area contributed by atoms with Gasteiger partial charge in [0.05, 0.1) is 24.8 Å². The number of halogens is 2. The number of rotatable bonds is 6. The van der Waals surface area contributed by atoms with Crippen LogP contribution in [0.4, 0.5) is 8.78 Å². The van der Waals surface area contributed by atoms with Crippen molar-refractivity contribution >= 4 is 35.0 Å². The summed E-state index contributed by atoms with van der Waals surface area (Å²) in [6, 6.07) is 1.77. The van der Waals surface area contributed by atoms with Crippen LogP contribution in [0.25, 0.3) is 0 Å². The molecule has 0 aliphatic carbocycles. The van der Waals surface area contributed by atoms with E-state index in [2.05, 4.69) is 20.3 Å². The first-order valence-electron chi connectivity index (χ1n) is 7.46. The first kappa shape index (κ1) is 19.6. The van der Waals surface area contributed by atoms with Crippen LogP contribution < -0.4 is 10.1 Å². The van der Waals surface area contributed by atoms with Crippen molar-refractivity contribution in [1.29, 1.82) is 0 Å². The fourth-order valence-corrected chi connectivity index (χ4v) is 2.56. The molecule has 1 aliphatic heterocycles. The third kappa shape index (κ3) is 5.12. The molecule has 1 saturated heterocycles. The Kier molecular flexibility index (Phi) is 6.84. The summed E-state index contributed by atoms with van der Waals surface area (Å²) in [5.41, 5.74) is 0.0694. The number of nitrogens with one attached hydrogen (secondary N) is 1. The molecule has 138 valence electrons. The molecule has 0 aromatic heterocycles. The lowest BCUT2D eigenvalue weighted by atomic mass is 10.2. The minimum absolute atomic E-state index is 0.0694. The van der Waals surface area contributed by atoms with Crippen molar-refractivity contribution in [3.8, 4) is 5.75 Å². The van der Waals surface area contributed by atoms with Crippen LogP contribution >= 0.6 is 11.8 Å². The molecule has 0 unspecified atom stereocenters. The van der Waals surface area contributed by atoms with E-state index < -0.39 is 23.5 Å². The summed E-state index contributed by atoms with van der Waals surface area (Å²) in [7, 11) is 1.19. The van der Waals surface area contributed by atoms with Gasteiger partial charge in [-0.3, -0.25) is 10.1 Å². The van der Waals surface area contributed by atoms with E-state index in [1.54, 1.807) is 0 Å². The first-order valence-corrected chi connectivity index (χ1v) is 8.28. The highest BCUT2D eigenvalue weighted by Gasteiger charge is 2.25. The molecular formula is C16H15F2N3O4S. The summed E-state index contributed by atoms with van der Waals surface area (Å²) in [6.07, 6.45) is 2.78. The van der Waals surface area contributed by atoms with Gasteiger partial charge >= 0.3 is 5.97 Å². The third-order valence-electron chi connectivity index (χ3n) is 2.93. The van der Waals surface area contributed by atoms with Crippen LogP contribution in [-0.2, 0) is 14.3 Å². The SMILES string of the molecule is CCCOc1c(F)cc(F)cc1C=N/N=C1/NC(=O)/C(=C\C(=O)OC)S1. The highest BCUT2D eigenvalue weighted by molar-refractivity contribution is 8.18. The summed E-state index contributed by atoms with van der Waals surface area (Å²) < 4.78 is 37.0. The fraction of sp³-hybridized carbons (Fsp3) is 0.250. The molecule has 1 aromatic carbocycles. The monoisotopic (exact) mass is 383 g/mol. The summed E-state index contributed by atoms with van der Waals surface area (Å²) >= 11 is 0.878. The van der Waals surface area contributed by atoms with Gasteiger partial charge in [0.25, 0.3) is 5.91 Å². The molecule has 0 spiro atoms. The lowest BCUT2D eigenvalue weighted by molar-refractivity contribution is -0.135. The van der Waals surface area contributed by atoms with Crippen LogP contribution in [0.1, 0.15) is 18.9 Å². The summed E-state index contributed by atoms with van der Waals surface area (Å²) in [5.74, 6) is -2.98. The van der Waals surface area contributed by atoms with Crippen LogP contribution in [0.2, 0.25) is 0 Å². The van der Waals surface area contributed by atoms with Crippen molar-refractivity contribution < 1.29 is 27.8 Å². The molecule has 0 radical (unpaired) electrons. The quantitative estimate of drug-likeness (QED) is 0.353. The standard InChI is InChI=1S/C16H15F2N3O4S/c1-3-4-25-14-9(5-10(17)6-11(14)18)8-19-21-16-20-15(23)12(26-16)7-13(22)24-2/h5-8H,3-4H2,1-2H3,(H,20,21,23)/b12-7+,19-8?. The Balaban J connectivity index is 2.18. The molecule has 10 heteroatoms. The van der Waals surface area contributed by atoms with Gasteiger partial charge < -0.3 is 9.47 Å². The van der Waals surface area contributed by atoms with Crippen molar-refractivity contribution in [1.82, 2.24) is 5.32 Å². The maximum absolute atomic E-state index is 13.8. The Labute approximate surface area is 152 Å². The maximum atomic E-state index is 13.8. The highest BCUT2D eigenvalue weighted by atomic mass is 32.2. The molecule has 1 aliphatic rings. The number of hydrogen-bond donors (Lipinski definition) is 1. The number of carbonyl (C=O) groups is 2. The molecule has 0 saturated carbocycles. The lowest BCUT2D eigenvalue weighted by Crippen LogP contribution is -2.19. The van der Waals surface area contributed by atoms with Crippen LogP contribution in [-0.4, -0.2) is 37.0 Å². The van der Waals surface area contributed by atoms with Crippen molar-refractivity contribution in [3.05, 3.63) is 40.3 Å². The van der Waals surface area contributed by atoms with Gasteiger partial charge in [0.2, 0.25) is 0 Å². The van der Waals surface area contributed by atoms with E-state index in [1.807, 2.05) is 6.92 Å². The molecule has 7 nitrogen and oxygen atoms in total. The van der Waals surface area contributed by atoms with Crippen LogP contribution in [0.5, 0.6) is 5.75 Å². The lowest BCUT2D eigenvalue weighted by Gasteiger charge is -2.08. The maximum Gasteiger partial charge on any atom is 0.331 e. The molecule has 0 bridgehead atoms. The van der Waals surface area contributed by atoms with Crippen molar-refractivity contribution in [2.75, 3.05) is 13.7 Å². The van der Waals surface area contributed by atoms with Gasteiger partial charge in [0, 0.05) is 17.7 Å². The number of ether oxygens (including phenoxy) is 2. The van der Waals surface area contributed by atoms with Gasteiger partial charge in [0.15, 0.2) is 16.7 Å². The minimum atomic E-state index is -0.848. The fourth-order valence-electron chi connectivity index (χ4n) is 1.82. The zero-order chi connectivity index (χ0) is 19.1. The van der Waals surface area contributed by atoms with Gasteiger partial charge in [0.1, 0.15) is 5.82 Å². The summed E-state index contributed by atoms with van der Waals surface area (Å²) in [4.78, 5) is 22.9. The minimum Gasteiger partial charge on any atom is -0.490 e. The highest BCUT2D eigenvalue weighted by Crippen LogP contribution is 2.25. The van der Waals surface area contributed by atoms with Crippen LogP contribution in [0.15, 0.2) is 33.3 Å². The molecule has 1 fully saturated rings. The van der Waals surface area contributed by atoms with Crippen LogP contribution in [0.3, 0.4) is 0 Å². The third-order valence-corrected chi connectivity index (χ3v) is 3.83. The Morgan fingerprint density at radius 3 is 2.85 bits per heavy atom. The van der Waals surface area contributed by atoms with Gasteiger partial charge in [-0.15, -0.1) is 5.10 Å². The van der Waals surface area contributed by atoms with Gasteiger partial charge in [-0.1, -0.05) is 6.92 Å². The number of hydrogen-bond acceptors (Lipinski definition) is 7. The summed E-state index contributed by atoms with van der Waals surface area (Å²) in [6.45, 7) is 2.10. The number of benzene rings is 1. The number of amides is 1. The van der Waals surface area contributed by atoms with E-state index in [9.17, 15) is 18.4 Å². The molecule has 2 rings (SSSR count). The van der Waals surface area contributed by atoms with Crippen LogP contribution in [0, 0.1) is 11.6 Å². The Hall–Kier alpha value is -2.75.